The third-order valence-corrected chi connectivity index (χ3v) is 10.2. The van der Waals surface area contributed by atoms with E-state index in [2.05, 4.69) is 34.2 Å². The van der Waals surface area contributed by atoms with Crippen LogP contribution in [0.15, 0.2) is 24.3 Å². The first-order chi connectivity index (χ1) is 24.6. The Labute approximate surface area is 302 Å². The van der Waals surface area contributed by atoms with Crippen LogP contribution in [0.4, 0.5) is 0 Å². The Morgan fingerprint density at radius 1 is 0.423 bits per heavy atom. The number of nitrogens with one attached hydrogen (secondary N) is 2. The maximum atomic E-state index is 6.49. The van der Waals surface area contributed by atoms with Crippen LogP contribution in [0.5, 0.6) is 0 Å². The van der Waals surface area contributed by atoms with Gasteiger partial charge in [-0.05, 0) is 104 Å². The van der Waals surface area contributed by atoms with E-state index in [1.54, 1.807) is 0 Å². The molecule has 6 aliphatic heterocycles. The van der Waals surface area contributed by atoms with Gasteiger partial charge in [-0.3, -0.25) is 0 Å². The minimum Gasteiger partial charge on any atom is -0.355 e. The van der Waals surface area contributed by atoms with Crippen LogP contribution in [-0.2, 0) is 37.9 Å². The van der Waals surface area contributed by atoms with Crippen molar-refractivity contribution in [2.75, 3.05) is 26.4 Å². The Morgan fingerprint density at radius 2 is 0.654 bits per heavy atom. The second-order valence-electron chi connectivity index (χ2n) is 15.9. The Balaban J connectivity index is 1.37. The molecule has 4 saturated heterocycles. The van der Waals surface area contributed by atoms with Gasteiger partial charge in [-0.1, -0.05) is 0 Å². The number of hydrogen-bond acceptors (Lipinski definition) is 10. The van der Waals surface area contributed by atoms with Crippen molar-refractivity contribution >= 4 is 46.4 Å². The summed E-state index contributed by atoms with van der Waals surface area (Å²) in [5, 5.41) is 0. The Morgan fingerprint density at radius 3 is 0.846 bits per heavy atom. The van der Waals surface area contributed by atoms with E-state index in [0.717, 1.165) is 67.1 Å². The minimum absolute atomic E-state index is 0.374. The second-order valence-corrected chi connectivity index (χ2v) is 15.9. The van der Waals surface area contributed by atoms with E-state index in [-0.39, 0.29) is 24.4 Å². The molecule has 0 unspecified atom stereocenters. The molecule has 4 fully saturated rings. The van der Waals surface area contributed by atoms with Gasteiger partial charge >= 0.3 is 0 Å². The molecule has 8 bridgehead atoms. The smallest absolute Gasteiger partial charge is 0.163 e. The van der Waals surface area contributed by atoms with Crippen LogP contribution in [0, 0.1) is 0 Å². The van der Waals surface area contributed by atoms with Gasteiger partial charge in [0.1, 0.15) is 24.4 Å². The summed E-state index contributed by atoms with van der Waals surface area (Å²) in [5.41, 5.74) is 10.1. The lowest BCUT2D eigenvalue weighted by Gasteiger charge is -2.18. The summed E-state index contributed by atoms with van der Waals surface area (Å²) < 4.78 is 50.3. The fourth-order valence-electron chi connectivity index (χ4n) is 7.97. The molecule has 0 spiro atoms. The largest absolute Gasteiger partial charge is 0.355 e. The van der Waals surface area contributed by atoms with E-state index in [9.17, 15) is 0 Å². The minimum atomic E-state index is -0.749. The van der Waals surface area contributed by atoms with E-state index in [4.69, 9.17) is 47.9 Å². The highest BCUT2D eigenvalue weighted by Crippen LogP contribution is 2.43. The van der Waals surface area contributed by atoms with Gasteiger partial charge in [-0.2, -0.15) is 0 Å². The molecule has 0 saturated carbocycles. The molecule has 2 N–H and O–H groups in total. The van der Waals surface area contributed by atoms with Crippen molar-refractivity contribution in [1.82, 2.24) is 19.9 Å². The number of nitrogens with zero attached hydrogens (tertiary/aromatic N) is 2. The summed E-state index contributed by atoms with van der Waals surface area (Å²) >= 11 is 0. The summed E-state index contributed by atoms with van der Waals surface area (Å²) in [6.07, 6.45) is 6.66. The van der Waals surface area contributed by atoms with Crippen molar-refractivity contribution in [2.45, 2.75) is 103 Å². The highest BCUT2D eigenvalue weighted by molar-refractivity contribution is 5.84. The van der Waals surface area contributed by atoms with Crippen molar-refractivity contribution < 1.29 is 37.9 Å². The van der Waals surface area contributed by atoms with Crippen LogP contribution in [0.1, 0.15) is 125 Å². The molecule has 3 aromatic rings. The average Bonchev–Trinajstić information content (AvgIpc) is 3.90. The predicted octanol–water partition coefficient (Wildman–Crippen LogP) is 7.95. The van der Waals surface area contributed by atoms with Gasteiger partial charge < -0.3 is 47.9 Å². The number of fused-ring (bicyclic) bond motifs is 8. The molecule has 12 heteroatoms. The zero-order valence-corrected chi connectivity index (χ0v) is 30.9. The van der Waals surface area contributed by atoms with E-state index in [0.29, 0.717) is 26.4 Å². The van der Waals surface area contributed by atoms with Crippen molar-refractivity contribution in [3.63, 3.8) is 0 Å². The number of H-pyrrole nitrogens is 2. The topological polar surface area (TPSA) is 131 Å². The van der Waals surface area contributed by atoms with Crippen LogP contribution in [0.3, 0.4) is 0 Å². The molecule has 9 rings (SSSR count). The number of ether oxygens (including phenoxy) is 8. The highest BCUT2D eigenvalue weighted by Gasteiger charge is 2.40. The van der Waals surface area contributed by atoms with E-state index < -0.39 is 23.1 Å². The fourth-order valence-corrected chi connectivity index (χ4v) is 7.97. The first-order valence-corrected chi connectivity index (χ1v) is 18.1. The summed E-state index contributed by atoms with van der Waals surface area (Å²) in [4.78, 5) is 18.0. The Kier molecular flexibility index (Phi) is 7.79. The lowest BCUT2D eigenvalue weighted by molar-refractivity contribution is -0.139. The summed E-state index contributed by atoms with van der Waals surface area (Å²) in [6.45, 7) is 17.0. The molecule has 9 heterocycles. The Hall–Kier alpha value is -3.72. The molecular weight excluding hydrogens is 664 g/mol. The van der Waals surface area contributed by atoms with Gasteiger partial charge in [0.2, 0.25) is 0 Å². The lowest BCUT2D eigenvalue weighted by Crippen LogP contribution is -2.20. The molecule has 3 aromatic heterocycles. The van der Waals surface area contributed by atoms with Crippen molar-refractivity contribution in [2.24, 2.45) is 0 Å². The molecular formula is C40H46N4O8. The third-order valence-electron chi connectivity index (χ3n) is 10.2. The predicted molar refractivity (Wildman–Crippen MR) is 194 cm³/mol. The van der Waals surface area contributed by atoms with E-state index >= 15 is 0 Å². The van der Waals surface area contributed by atoms with Crippen molar-refractivity contribution in [3.05, 3.63) is 69.3 Å². The number of aromatic nitrogens is 4. The van der Waals surface area contributed by atoms with Crippen LogP contribution in [0.2, 0.25) is 0 Å². The van der Waals surface area contributed by atoms with Gasteiger partial charge in [0, 0.05) is 44.3 Å². The number of hydrogen-bond donors (Lipinski definition) is 2. The monoisotopic (exact) mass is 710 g/mol. The molecule has 4 atom stereocenters. The zero-order chi connectivity index (χ0) is 36.2. The molecule has 0 aliphatic carbocycles. The molecule has 274 valence electrons. The number of rotatable bonds is 4. The fraction of sp³-hybridized carbons (Fsp3) is 0.500. The maximum Gasteiger partial charge on any atom is 0.163 e. The number of aromatic amines is 2. The molecule has 0 radical (unpaired) electrons. The molecule has 6 aliphatic rings. The summed E-state index contributed by atoms with van der Waals surface area (Å²) in [7, 11) is 0. The molecule has 52 heavy (non-hydrogen) atoms. The van der Waals surface area contributed by atoms with Gasteiger partial charge in [0.25, 0.3) is 0 Å². The van der Waals surface area contributed by atoms with Crippen LogP contribution < -0.4 is 0 Å². The van der Waals surface area contributed by atoms with Gasteiger partial charge in [-0.25, -0.2) is 9.97 Å². The summed E-state index contributed by atoms with van der Waals surface area (Å²) in [6, 6.07) is 8.27. The maximum absolute atomic E-state index is 6.49. The third kappa shape index (κ3) is 6.14. The normalized spacial score (nSPS) is 28.3. The SMILES string of the molecule is CC1(C)OC[C@H](c2c3nc(c([C@H]4COC(C)(C)O4)c4ccc([nH]4)c([C@H]4COC(C)(C)O4)c4nc(c([C@H]5COC(C)(C)O5)c5ccc2[nH]5)C=C4)C=C3)O1. The molecule has 0 aromatic carbocycles. The van der Waals surface area contributed by atoms with Gasteiger partial charge in [0.05, 0.1) is 49.2 Å². The zero-order valence-electron chi connectivity index (χ0n) is 30.9. The first-order valence-electron chi connectivity index (χ1n) is 18.1. The lowest BCUT2D eigenvalue weighted by atomic mass is 10.1. The van der Waals surface area contributed by atoms with Crippen LogP contribution in [0.25, 0.3) is 46.4 Å². The van der Waals surface area contributed by atoms with Crippen molar-refractivity contribution in [1.29, 1.82) is 0 Å². The van der Waals surface area contributed by atoms with Crippen molar-refractivity contribution in [3.8, 4) is 0 Å². The summed E-state index contributed by atoms with van der Waals surface area (Å²) in [5.74, 6) is -2.99. The Bertz CT molecular complexity index is 1880. The molecule has 0 amide bonds. The van der Waals surface area contributed by atoms with Crippen LogP contribution >= 0.6 is 0 Å². The first kappa shape index (κ1) is 34.1. The van der Waals surface area contributed by atoms with E-state index in [1.165, 1.54) is 0 Å². The highest BCUT2D eigenvalue weighted by atomic mass is 16.8. The molecule has 12 nitrogen and oxygen atoms in total. The van der Waals surface area contributed by atoms with E-state index in [1.807, 2.05) is 79.7 Å². The van der Waals surface area contributed by atoms with Crippen LogP contribution in [-0.4, -0.2) is 69.5 Å². The average molecular weight is 711 g/mol. The standard InChI is InChI=1S/C40H46N4O8/c1-37(2)45-17-29(49-37)33-21-9-11-23(41-21)34(30-18-46-38(3,4)50-30)25-13-15-27(43-25)36(32-20-48-40(7,8)52-32)28-16-14-26(44-28)35(24-12-10-22(33)42-24)31-19-47-39(5,6)51-31/h9-16,29-32,41,44H,17-20H2,1-8H3/t29-,30-,31-,32-/m1/s1. The second kappa shape index (κ2) is 11.9. The quantitative estimate of drug-likeness (QED) is 0.189. The van der Waals surface area contributed by atoms with Gasteiger partial charge in [-0.15, -0.1) is 0 Å². The van der Waals surface area contributed by atoms with Gasteiger partial charge in [0.15, 0.2) is 23.1 Å².